The van der Waals surface area contributed by atoms with Gasteiger partial charge in [-0.2, -0.15) is 0 Å². The number of halogens is 1. The van der Waals surface area contributed by atoms with Crippen molar-refractivity contribution in [2.45, 2.75) is 19.4 Å². The molecule has 23 heavy (non-hydrogen) atoms. The fourth-order valence-electron chi connectivity index (χ4n) is 3.38. The highest BCUT2D eigenvalue weighted by Gasteiger charge is 2.25. The van der Waals surface area contributed by atoms with E-state index >= 15 is 0 Å². The lowest BCUT2D eigenvalue weighted by Crippen LogP contribution is -2.30. The molecule has 4 rings (SSSR count). The summed E-state index contributed by atoms with van der Waals surface area (Å²) in [6, 6.07) is 15.3. The van der Waals surface area contributed by atoms with Gasteiger partial charge in [0.15, 0.2) is 0 Å². The largest absolute Gasteiger partial charge is 0.497 e. The Morgan fingerprint density at radius 2 is 1.87 bits per heavy atom. The van der Waals surface area contributed by atoms with Crippen LogP contribution in [0.1, 0.15) is 28.4 Å². The molecule has 2 aromatic carbocycles. The van der Waals surface area contributed by atoms with Crippen LogP contribution in [0.2, 0.25) is 0 Å². The van der Waals surface area contributed by atoms with Crippen LogP contribution in [-0.2, 0) is 6.42 Å². The van der Waals surface area contributed by atoms with E-state index in [1.807, 2.05) is 6.07 Å². The van der Waals surface area contributed by atoms with Crippen molar-refractivity contribution in [1.82, 2.24) is 10.3 Å². The maximum atomic E-state index is 5.38. The highest BCUT2D eigenvalue weighted by Crippen LogP contribution is 2.34. The second-order valence-corrected chi connectivity index (χ2v) is 5.98. The number of aryl methyl sites for hydroxylation is 1. The third kappa shape index (κ3) is 2.71. The molecule has 0 spiro atoms. The van der Waals surface area contributed by atoms with E-state index in [-0.39, 0.29) is 18.4 Å². The number of aromatic amines is 1. The Kier molecular flexibility index (Phi) is 4.33. The van der Waals surface area contributed by atoms with E-state index < -0.39 is 0 Å². The number of rotatable bonds is 2. The first-order valence-corrected chi connectivity index (χ1v) is 7.74. The van der Waals surface area contributed by atoms with Crippen molar-refractivity contribution in [3.63, 3.8) is 0 Å². The van der Waals surface area contributed by atoms with Gasteiger partial charge in [-0.15, -0.1) is 12.4 Å². The van der Waals surface area contributed by atoms with Gasteiger partial charge in [0.25, 0.3) is 0 Å². The SMILES string of the molecule is COc1ccc2[nH]c3c(c2c1)CCNC3c1ccc(C)cc1.Cl. The molecular formula is C19H21ClN2O. The predicted molar refractivity (Wildman–Crippen MR) is 96.8 cm³/mol. The summed E-state index contributed by atoms with van der Waals surface area (Å²) in [7, 11) is 1.72. The zero-order chi connectivity index (χ0) is 15.1. The van der Waals surface area contributed by atoms with Gasteiger partial charge >= 0.3 is 0 Å². The van der Waals surface area contributed by atoms with Gasteiger partial charge in [-0.3, -0.25) is 0 Å². The van der Waals surface area contributed by atoms with E-state index in [0.717, 1.165) is 18.7 Å². The van der Waals surface area contributed by atoms with Crippen molar-refractivity contribution in [1.29, 1.82) is 0 Å². The van der Waals surface area contributed by atoms with Crippen LogP contribution in [0.15, 0.2) is 42.5 Å². The monoisotopic (exact) mass is 328 g/mol. The average Bonchev–Trinajstić information content (AvgIpc) is 2.93. The van der Waals surface area contributed by atoms with E-state index in [4.69, 9.17) is 4.74 Å². The van der Waals surface area contributed by atoms with E-state index in [1.54, 1.807) is 7.11 Å². The van der Waals surface area contributed by atoms with Gasteiger partial charge in [-0.1, -0.05) is 29.8 Å². The molecule has 0 fully saturated rings. The quantitative estimate of drug-likeness (QED) is 0.741. The van der Waals surface area contributed by atoms with Crippen molar-refractivity contribution in [2.75, 3.05) is 13.7 Å². The minimum absolute atomic E-state index is 0. The molecule has 3 aromatic rings. The number of hydrogen-bond donors (Lipinski definition) is 2. The topological polar surface area (TPSA) is 37.0 Å². The summed E-state index contributed by atoms with van der Waals surface area (Å²) in [6.07, 6.45) is 1.05. The van der Waals surface area contributed by atoms with Crippen LogP contribution in [0.25, 0.3) is 10.9 Å². The van der Waals surface area contributed by atoms with E-state index in [1.165, 1.54) is 33.3 Å². The van der Waals surface area contributed by atoms with Crippen molar-refractivity contribution >= 4 is 23.3 Å². The van der Waals surface area contributed by atoms with Crippen LogP contribution in [0.5, 0.6) is 5.75 Å². The van der Waals surface area contributed by atoms with Gasteiger partial charge in [0, 0.05) is 23.1 Å². The first-order valence-electron chi connectivity index (χ1n) is 7.74. The van der Waals surface area contributed by atoms with Crippen molar-refractivity contribution in [3.8, 4) is 5.75 Å². The molecule has 120 valence electrons. The third-order valence-electron chi connectivity index (χ3n) is 4.57. The second-order valence-electron chi connectivity index (χ2n) is 5.98. The zero-order valence-electron chi connectivity index (χ0n) is 13.3. The number of ether oxygens (including phenoxy) is 1. The number of fused-ring (bicyclic) bond motifs is 3. The van der Waals surface area contributed by atoms with Gasteiger partial charge in [-0.25, -0.2) is 0 Å². The lowest BCUT2D eigenvalue weighted by molar-refractivity contribution is 0.415. The number of aromatic nitrogens is 1. The molecule has 4 heteroatoms. The molecule has 1 atom stereocenters. The molecule has 1 unspecified atom stereocenters. The highest BCUT2D eigenvalue weighted by molar-refractivity contribution is 5.86. The lowest BCUT2D eigenvalue weighted by Gasteiger charge is -2.25. The van der Waals surface area contributed by atoms with Crippen LogP contribution in [-0.4, -0.2) is 18.6 Å². The van der Waals surface area contributed by atoms with Crippen LogP contribution >= 0.6 is 12.4 Å². The number of H-pyrrole nitrogens is 1. The van der Waals surface area contributed by atoms with Crippen molar-refractivity contribution < 1.29 is 4.74 Å². The Morgan fingerprint density at radius 3 is 2.61 bits per heavy atom. The zero-order valence-corrected chi connectivity index (χ0v) is 14.2. The van der Waals surface area contributed by atoms with Gasteiger partial charge in [0.1, 0.15) is 5.75 Å². The Hall–Kier alpha value is -1.97. The minimum atomic E-state index is 0. The molecule has 0 bridgehead atoms. The summed E-state index contributed by atoms with van der Waals surface area (Å²) in [5, 5.41) is 4.92. The Bertz CT molecular complexity index is 823. The average molecular weight is 329 g/mol. The summed E-state index contributed by atoms with van der Waals surface area (Å²) < 4.78 is 5.38. The van der Waals surface area contributed by atoms with Gasteiger partial charge in [-0.05, 0) is 42.7 Å². The second kappa shape index (κ2) is 6.26. The molecular weight excluding hydrogens is 308 g/mol. The summed E-state index contributed by atoms with van der Waals surface area (Å²) in [5.41, 5.74) is 6.49. The first kappa shape index (κ1) is 15.9. The number of hydrogen-bond acceptors (Lipinski definition) is 2. The molecule has 0 radical (unpaired) electrons. The maximum Gasteiger partial charge on any atom is 0.119 e. The number of methoxy groups -OCH3 is 1. The molecule has 1 aromatic heterocycles. The minimum Gasteiger partial charge on any atom is -0.497 e. The lowest BCUT2D eigenvalue weighted by atomic mass is 9.94. The maximum absolute atomic E-state index is 5.38. The third-order valence-corrected chi connectivity index (χ3v) is 4.57. The predicted octanol–water partition coefficient (Wildman–Crippen LogP) is 4.14. The van der Waals surface area contributed by atoms with Gasteiger partial charge in [0.05, 0.1) is 13.2 Å². The fourth-order valence-corrected chi connectivity index (χ4v) is 3.38. The molecule has 1 aliphatic rings. The summed E-state index contributed by atoms with van der Waals surface area (Å²) in [6.45, 7) is 3.12. The van der Waals surface area contributed by atoms with Crippen LogP contribution in [0.3, 0.4) is 0 Å². The fraction of sp³-hybridized carbons (Fsp3) is 0.263. The van der Waals surface area contributed by atoms with Crippen LogP contribution in [0.4, 0.5) is 0 Å². The normalized spacial score (nSPS) is 16.7. The van der Waals surface area contributed by atoms with Crippen LogP contribution in [0, 0.1) is 6.92 Å². The summed E-state index contributed by atoms with van der Waals surface area (Å²) >= 11 is 0. The van der Waals surface area contributed by atoms with E-state index in [2.05, 4.69) is 53.6 Å². The molecule has 0 saturated carbocycles. The van der Waals surface area contributed by atoms with Crippen molar-refractivity contribution in [3.05, 3.63) is 64.8 Å². The Labute approximate surface area is 142 Å². The van der Waals surface area contributed by atoms with E-state index in [0.29, 0.717) is 0 Å². The molecule has 2 N–H and O–H groups in total. The van der Waals surface area contributed by atoms with Gasteiger partial charge in [0.2, 0.25) is 0 Å². The molecule has 3 nitrogen and oxygen atoms in total. The highest BCUT2D eigenvalue weighted by atomic mass is 35.5. The first-order chi connectivity index (χ1) is 10.8. The standard InChI is InChI=1S/C19H20N2O.ClH/c1-12-3-5-13(6-4-12)18-19-15(9-10-20-18)16-11-14(22-2)7-8-17(16)21-19;/h3-8,11,18,20-21H,9-10H2,1-2H3;1H. The number of benzene rings is 2. The molecule has 0 amide bonds. The molecule has 0 aliphatic carbocycles. The summed E-state index contributed by atoms with van der Waals surface area (Å²) in [5.74, 6) is 0.916. The Balaban J connectivity index is 0.00000156. The summed E-state index contributed by atoms with van der Waals surface area (Å²) in [4.78, 5) is 3.61. The van der Waals surface area contributed by atoms with Crippen molar-refractivity contribution in [2.24, 2.45) is 0 Å². The molecule has 2 heterocycles. The van der Waals surface area contributed by atoms with Crippen LogP contribution < -0.4 is 10.1 Å². The van der Waals surface area contributed by atoms with Gasteiger partial charge < -0.3 is 15.0 Å². The Morgan fingerprint density at radius 1 is 1.09 bits per heavy atom. The molecule has 1 aliphatic heterocycles. The van der Waals surface area contributed by atoms with E-state index in [9.17, 15) is 0 Å². The molecule has 0 saturated heterocycles. The number of nitrogens with one attached hydrogen (secondary N) is 2. The smallest absolute Gasteiger partial charge is 0.119 e.